The van der Waals surface area contributed by atoms with Crippen molar-refractivity contribution in [2.24, 2.45) is 5.14 Å². The van der Waals surface area contributed by atoms with E-state index in [-0.39, 0.29) is 16.6 Å². The van der Waals surface area contributed by atoms with Crippen LogP contribution in [-0.4, -0.2) is 18.2 Å². The van der Waals surface area contributed by atoms with Crippen molar-refractivity contribution in [2.45, 2.75) is 49.6 Å². The molecule has 0 unspecified atom stereocenters. The van der Waals surface area contributed by atoms with E-state index >= 15 is 0 Å². The van der Waals surface area contributed by atoms with Gasteiger partial charge < -0.3 is 0 Å². The molecule has 7 heteroatoms. The lowest BCUT2D eigenvalue weighted by molar-refractivity contribution is 0.376. The highest BCUT2D eigenvalue weighted by Crippen LogP contribution is 2.29. The first-order chi connectivity index (χ1) is 8.54. The summed E-state index contributed by atoms with van der Waals surface area (Å²) in [5.74, 6) is 0. The van der Waals surface area contributed by atoms with Gasteiger partial charge in [0.15, 0.2) is 5.03 Å². The fraction of sp³-hybridized carbons (Fsp3) is 0.636. The second-order valence-electron chi connectivity index (χ2n) is 4.61. The molecule has 1 fully saturated rings. The van der Waals surface area contributed by atoms with E-state index in [1.165, 1.54) is 10.9 Å². The highest BCUT2D eigenvalue weighted by atomic mass is 32.2. The Morgan fingerprint density at radius 1 is 1.33 bits per heavy atom. The highest BCUT2D eigenvalue weighted by Gasteiger charge is 2.26. The summed E-state index contributed by atoms with van der Waals surface area (Å²) in [6.45, 7) is 0. The molecule has 1 aliphatic rings. The van der Waals surface area contributed by atoms with Crippen molar-refractivity contribution in [1.82, 2.24) is 9.78 Å². The van der Waals surface area contributed by atoms with Crippen molar-refractivity contribution in [3.8, 4) is 6.07 Å². The first kappa shape index (κ1) is 13.1. The Balaban J connectivity index is 2.45. The van der Waals surface area contributed by atoms with E-state index in [0.29, 0.717) is 0 Å². The summed E-state index contributed by atoms with van der Waals surface area (Å²) in [7, 11) is -3.92. The van der Waals surface area contributed by atoms with E-state index in [9.17, 15) is 8.42 Å². The van der Waals surface area contributed by atoms with Gasteiger partial charge >= 0.3 is 0 Å². The molecule has 6 nitrogen and oxygen atoms in total. The molecule has 0 aromatic carbocycles. The summed E-state index contributed by atoms with van der Waals surface area (Å²) >= 11 is 0. The molecule has 1 aliphatic carbocycles. The number of hydrogen-bond acceptors (Lipinski definition) is 4. The SMILES string of the molecule is N#Cc1cnn(C2CCCCCC2)c1S(N)(=O)=O. The maximum absolute atomic E-state index is 11.6. The lowest BCUT2D eigenvalue weighted by atomic mass is 10.1. The summed E-state index contributed by atoms with van der Waals surface area (Å²) < 4.78 is 24.6. The minimum Gasteiger partial charge on any atom is -0.249 e. The largest absolute Gasteiger partial charge is 0.256 e. The molecular weight excluding hydrogens is 252 g/mol. The number of rotatable bonds is 2. The minimum atomic E-state index is -3.92. The Hall–Kier alpha value is -1.39. The van der Waals surface area contributed by atoms with Gasteiger partial charge in [0.2, 0.25) is 0 Å². The van der Waals surface area contributed by atoms with Gasteiger partial charge in [0.25, 0.3) is 10.0 Å². The van der Waals surface area contributed by atoms with Crippen LogP contribution in [0, 0.1) is 11.3 Å². The fourth-order valence-corrected chi connectivity index (χ4v) is 3.34. The lowest BCUT2D eigenvalue weighted by Crippen LogP contribution is -2.22. The number of aromatic nitrogens is 2. The van der Waals surface area contributed by atoms with Crippen LogP contribution in [0.15, 0.2) is 11.2 Å². The van der Waals surface area contributed by atoms with Crippen molar-refractivity contribution in [3.63, 3.8) is 0 Å². The van der Waals surface area contributed by atoms with E-state index < -0.39 is 10.0 Å². The number of nitriles is 1. The van der Waals surface area contributed by atoms with E-state index in [0.717, 1.165) is 38.5 Å². The fourth-order valence-electron chi connectivity index (χ4n) is 2.47. The van der Waals surface area contributed by atoms with E-state index in [2.05, 4.69) is 5.10 Å². The topological polar surface area (TPSA) is 102 Å². The Morgan fingerprint density at radius 2 is 1.94 bits per heavy atom. The molecule has 1 saturated carbocycles. The van der Waals surface area contributed by atoms with Gasteiger partial charge in [0.05, 0.1) is 12.2 Å². The normalized spacial score (nSPS) is 18.2. The Labute approximate surface area is 106 Å². The van der Waals surface area contributed by atoms with E-state index in [1.807, 2.05) is 6.07 Å². The number of nitrogens with zero attached hydrogens (tertiary/aromatic N) is 3. The van der Waals surface area contributed by atoms with E-state index in [4.69, 9.17) is 10.4 Å². The smallest absolute Gasteiger partial charge is 0.249 e. The lowest BCUT2D eigenvalue weighted by Gasteiger charge is -2.17. The first-order valence-corrected chi connectivity index (χ1v) is 7.59. The molecule has 0 spiro atoms. The first-order valence-electron chi connectivity index (χ1n) is 6.04. The Morgan fingerprint density at radius 3 is 2.44 bits per heavy atom. The summed E-state index contributed by atoms with van der Waals surface area (Å²) in [5, 5.41) is 18.0. The number of nitrogens with two attached hydrogens (primary N) is 1. The van der Waals surface area contributed by atoms with Gasteiger partial charge in [0, 0.05) is 0 Å². The second kappa shape index (κ2) is 5.08. The van der Waals surface area contributed by atoms with Crippen LogP contribution in [0.2, 0.25) is 0 Å². The molecule has 0 atom stereocenters. The van der Waals surface area contributed by atoms with Crippen LogP contribution in [0.25, 0.3) is 0 Å². The van der Waals surface area contributed by atoms with Crippen LogP contribution in [0.1, 0.15) is 50.1 Å². The van der Waals surface area contributed by atoms with Crippen molar-refractivity contribution in [2.75, 3.05) is 0 Å². The molecule has 1 aromatic heterocycles. The molecule has 0 radical (unpaired) electrons. The van der Waals surface area contributed by atoms with Crippen LogP contribution < -0.4 is 5.14 Å². The molecular formula is C11H16N4O2S. The molecule has 2 rings (SSSR count). The number of hydrogen-bond donors (Lipinski definition) is 1. The predicted molar refractivity (Wildman–Crippen MR) is 65.1 cm³/mol. The average Bonchev–Trinajstić information content (AvgIpc) is 2.57. The Kier molecular flexibility index (Phi) is 3.68. The summed E-state index contributed by atoms with van der Waals surface area (Å²) in [6, 6.07) is 1.87. The third kappa shape index (κ3) is 2.54. The van der Waals surface area contributed by atoms with Crippen LogP contribution in [-0.2, 0) is 10.0 Å². The zero-order chi connectivity index (χ0) is 13.2. The van der Waals surface area contributed by atoms with Gasteiger partial charge in [-0.1, -0.05) is 25.7 Å². The average molecular weight is 268 g/mol. The second-order valence-corrected chi connectivity index (χ2v) is 6.09. The van der Waals surface area contributed by atoms with Gasteiger partial charge in [0.1, 0.15) is 11.6 Å². The van der Waals surface area contributed by atoms with Crippen molar-refractivity contribution >= 4 is 10.0 Å². The van der Waals surface area contributed by atoms with E-state index in [1.54, 1.807) is 0 Å². The zero-order valence-electron chi connectivity index (χ0n) is 10.0. The summed E-state index contributed by atoms with van der Waals surface area (Å²) in [4.78, 5) is 0. The van der Waals surface area contributed by atoms with Gasteiger partial charge in [-0.25, -0.2) is 18.2 Å². The summed E-state index contributed by atoms with van der Waals surface area (Å²) in [5.41, 5.74) is 0.0294. The predicted octanol–water partition coefficient (Wildman–Crippen LogP) is 1.30. The molecule has 1 heterocycles. The Bertz CT molecular complexity index is 562. The molecule has 0 bridgehead atoms. The minimum absolute atomic E-state index is 0.0294. The summed E-state index contributed by atoms with van der Waals surface area (Å²) in [6.07, 6.45) is 7.48. The number of sulfonamides is 1. The maximum atomic E-state index is 11.6. The van der Waals surface area contributed by atoms with Crippen LogP contribution >= 0.6 is 0 Å². The maximum Gasteiger partial charge on any atom is 0.256 e. The van der Waals surface area contributed by atoms with Gasteiger partial charge in [-0.15, -0.1) is 0 Å². The van der Waals surface area contributed by atoms with Crippen LogP contribution in [0.5, 0.6) is 0 Å². The van der Waals surface area contributed by atoms with Crippen molar-refractivity contribution in [3.05, 3.63) is 11.8 Å². The highest BCUT2D eigenvalue weighted by molar-refractivity contribution is 7.89. The number of primary sulfonamides is 1. The molecule has 2 N–H and O–H groups in total. The van der Waals surface area contributed by atoms with Crippen molar-refractivity contribution < 1.29 is 8.42 Å². The van der Waals surface area contributed by atoms with Gasteiger partial charge in [-0.2, -0.15) is 10.4 Å². The zero-order valence-corrected chi connectivity index (χ0v) is 10.9. The third-order valence-electron chi connectivity index (χ3n) is 3.31. The molecule has 0 saturated heterocycles. The molecule has 0 amide bonds. The standard InChI is InChI=1S/C11H16N4O2S/c12-7-9-8-14-15(11(9)18(13,16)17)10-5-3-1-2-4-6-10/h8,10H,1-6H2,(H2,13,16,17). The van der Waals surface area contributed by atoms with Gasteiger partial charge in [-0.05, 0) is 12.8 Å². The molecule has 98 valence electrons. The molecule has 18 heavy (non-hydrogen) atoms. The molecule has 0 aliphatic heterocycles. The molecule has 1 aromatic rings. The van der Waals surface area contributed by atoms with Crippen molar-refractivity contribution in [1.29, 1.82) is 5.26 Å². The quantitative estimate of drug-likeness (QED) is 0.816. The third-order valence-corrected chi connectivity index (χ3v) is 4.26. The monoisotopic (exact) mass is 268 g/mol. The van der Waals surface area contributed by atoms with Crippen LogP contribution in [0.4, 0.5) is 0 Å². The van der Waals surface area contributed by atoms with Crippen LogP contribution in [0.3, 0.4) is 0 Å². The van der Waals surface area contributed by atoms with Gasteiger partial charge in [-0.3, -0.25) is 0 Å².